The molecule has 2 rings (SSSR count). The molecule has 0 unspecified atom stereocenters. The van der Waals surface area contributed by atoms with Crippen LogP contribution in [-0.4, -0.2) is 38.0 Å². The fourth-order valence-electron chi connectivity index (χ4n) is 2.14. The second-order valence-electron chi connectivity index (χ2n) is 5.12. The molecule has 0 bridgehead atoms. The molecule has 0 atom stereocenters. The summed E-state index contributed by atoms with van der Waals surface area (Å²) in [4.78, 5) is -0.192. The fourth-order valence-corrected chi connectivity index (χ4v) is 4.02. The van der Waals surface area contributed by atoms with E-state index in [9.17, 15) is 12.8 Å². The summed E-state index contributed by atoms with van der Waals surface area (Å²) in [5.74, 6) is -0.626. The molecule has 7 heteroatoms. The predicted octanol–water partition coefficient (Wildman–Crippen LogP) is 1.21. The SMILES string of the molecule is CC1(C)COCCN1S(=O)(=O)c1cc(F)ccc1N. The Morgan fingerprint density at radius 2 is 2.11 bits per heavy atom. The molecular formula is C12H17FN2O3S. The van der Waals surface area contributed by atoms with Crippen molar-refractivity contribution in [3.63, 3.8) is 0 Å². The van der Waals surface area contributed by atoms with Crippen molar-refractivity contribution in [2.75, 3.05) is 25.5 Å². The van der Waals surface area contributed by atoms with Crippen LogP contribution < -0.4 is 5.73 Å². The van der Waals surface area contributed by atoms with Crippen molar-refractivity contribution in [1.82, 2.24) is 4.31 Å². The van der Waals surface area contributed by atoms with Gasteiger partial charge in [0.25, 0.3) is 0 Å². The van der Waals surface area contributed by atoms with Gasteiger partial charge in [0.15, 0.2) is 0 Å². The fraction of sp³-hybridized carbons (Fsp3) is 0.500. The Balaban J connectivity index is 2.50. The van der Waals surface area contributed by atoms with Crippen molar-refractivity contribution < 1.29 is 17.5 Å². The van der Waals surface area contributed by atoms with Crippen molar-refractivity contribution in [3.05, 3.63) is 24.0 Å². The van der Waals surface area contributed by atoms with Gasteiger partial charge in [0.1, 0.15) is 10.7 Å². The average molecular weight is 288 g/mol. The highest BCUT2D eigenvalue weighted by Crippen LogP contribution is 2.30. The molecule has 0 amide bonds. The molecular weight excluding hydrogens is 271 g/mol. The molecule has 1 aromatic rings. The van der Waals surface area contributed by atoms with Gasteiger partial charge in [0.05, 0.1) is 24.4 Å². The van der Waals surface area contributed by atoms with E-state index in [2.05, 4.69) is 0 Å². The number of morpholine rings is 1. The largest absolute Gasteiger partial charge is 0.398 e. The Morgan fingerprint density at radius 1 is 1.42 bits per heavy atom. The summed E-state index contributed by atoms with van der Waals surface area (Å²) in [6, 6.07) is 3.35. The summed E-state index contributed by atoms with van der Waals surface area (Å²) in [6.07, 6.45) is 0. The molecule has 1 saturated heterocycles. The van der Waals surface area contributed by atoms with Gasteiger partial charge in [-0.25, -0.2) is 12.8 Å². The van der Waals surface area contributed by atoms with Crippen LogP contribution in [0.5, 0.6) is 0 Å². The highest BCUT2D eigenvalue weighted by molar-refractivity contribution is 7.89. The van der Waals surface area contributed by atoms with Gasteiger partial charge in [-0.1, -0.05) is 0 Å². The van der Waals surface area contributed by atoms with E-state index in [4.69, 9.17) is 10.5 Å². The van der Waals surface area contributed by atoms with Gasteiger partial charge >= 0.3 is 0 Å². The Bertz CT molecular complexity index is 587. The summed E-state index contributed by atoms with van der Waals surface area (Å²) in [6.45, 7) is 4.36. The van der Waals surface area contributed by atoms with Crippen molar-refractivity contribution in [3.8, 4) is 0 Å². The minimum atomic E-state index is -3.83. The van der Waals surface area contributed by atoms with Crippen LogP contribution in [0.3, 0.4) is 0 Å². The molecule has 1 aliphatic heterocycles. The van der Waals surface area contributed by atoms with E-state index >= 15 is 0 Å². The second kappa shape index (κ2) is 4.73. The zero-order chi connectivity index (χ0) is 14.3. The van der Waals surface area contributed by atoms with Crippen LogP contribution in [0.15, 0.2) is 23.1 Å². The topological polar surface area (TPSA) is 72.6 Å². The van der Waals surface area contributed by atoms with Crippen LogP contribution in [0.1, 0.15) is 13.8 Å². The lowest BCUT2D eigenvalue weighted by atomic mass is 10.1. The van der Waals surface area contributed by atoms with Gasteiger partial charge in [-0.2, -0.15) is 4.31 Å². The predicted molar refractivity (Wildman–Crippen MR) is 69.6 cm³/mol. The Morgan fingerprint density at radius 3 is 2.74 bits per heavy atom. The van der Waals surface area contributed by atoms with E-state index < -0.39 is 21.4 Å². The van der Waals surface area contributed by atoms with E-state index in [1.807, 2.05) is 0 Å². The Labute approximate surface area is 112 Å². The number of nitrogen functional groups attached to an aromatic ring is 1. The number of nitrogens with two attached hydrogens (primary N) is 1. The maximum Gasteiger partial charge on any atom is 0.245 e. The summed E-state index contributed by atoms with van der Waals surface area (Å²) in [5.41, 5.74) is 5.03. The molecule has 1 fully saturated rings. The number of rotatable bonds is 2. The van der Waals surface area contributed by atoms with Crippen LogP contribution in [0, 0.1) is 5.82 Å². The molecule has 0 aromatic heterocycles. The maximum absolute atomic E-state index is 13.3. The monoisotopic (exact) mass is 288 g/mol. The summed E-state index contributed by atoms with van der Waals surface area (Å²) < 4.78 is 45.1. The quantitative estimate of drug-likeness (QED) is 0.830. The summed E-state index contributed by atoms with van der Waals surface area (Å²) in [7, 11) is -3.83. The Kier molecular flexibility index (Phi) is 3.55. The smallest absolute Gasteiger partial charge is 0.245 e. The van der Waals surface area contributed by atoms with Crippen LogP contribution >= 0.6 is 0 Å². The van der Waals surface area contributed by atoms with E-state index in [0.717, 1.165) is 12.1 Å². The average Bonchev–Trinajstić information content (AvgIpc) is 2.31. The van der Waals surface area contributed by atoms with Gasteiger partial charge in [0.2, 0.25) is 10.0 Å². The van der Waals surface area contributed by atoms with Crippen molar-refractivity contribution in [1.29, 1.82) is 0 Å². The van der Waals surface area contributed by atoms with E-state index in [1.54, 1.807) is 13.8 Å². The van der Waals surface area contributed by atoms with Gasteiger partial charge < -0.3 is 10.5 Å². The number of sulfonamides is 1. The molecule has 1 heterocycles. The molecule has 1 aliphatic rings. The van der Waals surface area contributed by atoms with Crippen molar-refractivity contribution in [2.45, 2.75) is 24.3 Å². The molecule has 0 spiro atoms. The first-order valence-electron chi connectivity index (χ1n) is 5.91. The highest BCUT2D eigenvalue weighted by Gasteiger charge is 2.40. The lowest BCUT2D eigenvalue weighted by molar-refractivity contribution is -0.00769. The third-order valence-electron chi connectivity index (χ3n) is 3.11. The number of anilines is 1. The summed E-state index contributed by atoms with van der Waals surface area (Å²) >= 11 is 0. The van der Waals surface area contributed by atoms with Gasteiger partial charge in [-0.05, 0) is 32.0 Å². The molecule has 106 valence electrons. The molecule has 2 N–H and O–H groups in total. The minimum absolute atomic E-state index is 0.0451. The van der Waals surface area contributed by atoms with Crippen LogP contribution in [-0.2, 0) is 14.8 Å². The molecule has 0 saturated carbocycles. The lowest BCUT2D eigenvalue weighted by Gasteiger charge is -2.40. The third kappa shape index (κ3) is 2.58. The minimum Gasteiger partial charge on any atom is -0.398 e. The van der Waals surface area contributed by atoms with Gasteiger partial charge in [0, 0.05) is 6.54 Å². The van der Waals surface area contributed by atoms with Gasteiger partial charge in [-0.15, -0.1) is 0 Å². The first-order valence-corrected chi connectivity index (χ1v) is 7.35. The number of nitrogens with zero attached hydrogens (tertiary/aromatic N) is 1. The first kappa shape index (κ1) is 14.2. The number of benzene rings is 1. The van der Waals surface area contributed by atoms with E-state index in [1.165, 1.54) is 10.4 Å². The molecule has 5 nitrogen and oxygen atoms in total. The number of hydrogen-bond acceptors (Lipinski definition) is 4. The van der Waals surface area contributed by atoms with Gasteiger partial charge in [-0.3, -0.25) is 0 Å². The summed E-state index contributed by atoms with van der Waals surface area (Å²) in [5, 5.41) is 0. The zero-order valence-electron chi connectivity index (χ0n) is 10.9. The number of ether oxygens (including phenoxy) is 1. The third-order valence-corrected chi connectivity index (χ3v) is 5.28. The normalized spacial score (nSPS) is 20.4. The molecule has 1 aromatic carbocycles. The van der Waals surface area contributed by atoms with Crippen LogP contribution in [0.25, 0.3) is 0 Å². The molecule has 0 aliphatic carbocycles. The van der Waals surface area contributed by atoms with Crippen molar-refractivity contribution in [2.24, 2.45) is 0 Å². The van der Waals surface area contributed by atoms with E-state index in [0.29, 0.717) is 13.2 Å². The second-order valence-corrected chi connectivity index (χ2v) is 6.96. The van der Waals surface area contributed by atoms with E-state index in [-0.39, 0.29) is 17.1 Å². The number of hydrogen-bond donors (Lipinski definition) is 1. The number of halogens is 1. The maximum atomic E-state index is 13.3. The highest BCUT2D eigenvalue weighted by atomic mass is 32.2. The molecule has 0 radical (unpaired) electrons. The first-order chi connectivity index (χ1) is 8.75. The standard InChI is InChI=1S/C12H17FN2O3S/c1-12(2)8-18-6-5-15(12)19(16,17)11-7-9(13)3-4-10(11)14/h3-4,7H,5-6,8,14H2,1-2H3. The van der Waals surface area contributed by atoms with Crippen LogP contribution in [0.4, 0.5) is 10.1 Å². The zero-order valence-corrected chi connectivity index (χ0v) is 11.7. The van der Waals surface area contributed by atoms with Crippen LogP contribution in [0.2, 0.25) is 0 Å². The molecule has 19 heavy (non-hydrogen) atoms. The Hall–Kier alpha value is -1.18. The van der Waals surface area contributed by atoms with Crippen molar-refractivity contribution >= 4 is 15.7 Å². The lowest BCUT2D eigenvalue weighted by Crippen LogP contribution is -2.55.